The summed E-state index contributed by atoms with van der Waals surface area (Å²) in [4.78, 5) is 17.4. The van der Waals surface area contributed by atoms with E-state index in [1.807, 2.05) is 4.90 Å². The van der Waals surface area contributed by atoms with Crippen LogP contribution in [0.4, 0.5) is 9.18 Å². The molecule has 31 heavy (non-hydrogen) atoms. The van der Waals surface area contributed by atoms with Gasteiger partial charge in [0.2, 0.25) is 0 Å². The summed E-state index contributed by atoms with van der Waals surface area (Å²) in [5.41, 5.74) is 1.02. The molecule has 2 bridgehead atoms. The highest BCUT2D eigenvalue weighted by Gasteiger charge is 2.49. The van der Waals surface area contributed by atoms with Crippen LogP contribution in [0.25, 0.3) is 0 Å². The van der Waals surface area contributed by atoms with Crippen molar-refractivity contribution in [3.05, 3.63) is 29.6 Å². The Hall–Kier alpha value is -1.86. The first-order valence-electron chi connectivity index (χ1n) is 11.8. The Balaban J connectivity index is 0.00000216. The summed E-state index contributed by atoms with van der Waals surface area (Å²) < 4.78 is 30.9. The number of piperidine rings is 2. The van der Waals surface area contributed by atoms with E-state index in [1.54, 1.807) is 12.1 Å². The van der Waals surface area contributed by atoms with Gasteiger partial charge in [-0.1, -0.05) is 0 Å². The summed E-state index contributed by atoms with van der Waals surface area (Å²) in [5, 5.41) is 0. The van der Waals surface area contributed by atoms with Crippen LogP contribution in [0.3, 0.4) is 0 Å². The second-order valence-electron chi connectivity index (χ2n) is 10.0. The average molecular weight is 433 g/mol. The van der Waals surface area contributed by atoms with E-state index in [4.69, 9.17) is 14.2 Å². The molecular weight excluding hydrogens is 399 g/mol. The van der Waals surface area contributed by atoms with Crippen molar-refractivity contribution in [2.45, 2.75) is 74.6 Å². The molecule has 1 spiro atoms. The fraction of sp³-hybridized carbons (Fsp3) is 0.708. The smallest absolute Gasteiger partial charge is 0.410 e. The SMILES string of the molecule is O=C(O[C@@H]1CCOC1)N1C2CCC1CC(N1CCC3(CC1)COc1ccc(F)cc13)C2.[HH]. The Kier molecular flexibility index (Phi) is 4.87. The van der Waals surface area contributed by atoms with Crippen LogP contribution in [0, 0.1) is 5.82 Å². The lowest BCUT2D eigenvalue weighted by Crippen LogP contribution is -2.55. The van der Waals surface area contributed by atoms with E-state index in [9.17, 15) is 9.18 Å². The van der Waals surface area contributed by atoms with Gasteiger partial charge in [0.25, 0.3) is 0 Å². The predicted molar refractivity (Wildman–Crippen MR) is 114 cm³/mol. The monoisotopic (exact) mass is 432 g/mol. The number of fused-ring (bicyclic) bond motifs is 4. The lowest BCUT2D eigenvalue weighted by Gasteiger charge is -2.47. The predicted octanol–water partition coefficient (Wildman–Crippen LogP) is 3.72. The Labute approximate surface area is 184 Å². The molecule has 5 aliphatic heterocycles. The van der Waals surface area contributed by atoms with Gasteiger partial charge in [-0.3, -0.25) is 0 Å². The second-order valence-corrected chi connectivity index (χ2v) is 10.0. The fourth-order valence-corrected chi connectivity index (χ4v) is 6.62. The van der Waals surface area contributed by atoms with Crippen molar-refractivity contribution in [1.82, 2.24) is 9.80 Å². The van der Waals surface area contributed by atoms with Gasteiger partial charge in [-0.25, -0.2) is 9.18 Å². The van der Waals surface area contributed by atoms with Crippen molar-refractivity contribution in [2.75, 3.05) is 32.9 Å². The summed E-state index contributed by atoms with van der Waals surface area (Å²) in [5.74, 6) is 0.679. The minimum Gasteiger partial charge on any atom is -0.492 e. The second kappa shape index (κ2) is 7.62. The molecule has 5 aliphatic rings. The molecule has 0 aliphatic carbocycles. The summed E-state index contributed by atoms with van der Waals surface area (Å²) in [6, 6.07) is 6.04. The number of rotatable bonds is 2. The summed E-state index contributed by atoms with van der Waals surface area (Å²) in [6.07, 6.45) is 6.81. The van der Waals surface area contributed by atoms with Gasteiger partial charge in [0, 0.05) is 37.0 Å². The normalized spacial score (nSPS) is 34.0. The van der Waals surface area contributed by atoms with Crippen molar-refractivity contribution in [2.24, 2.45) is 0 Å². The third-order valence-corrected chi connectivity index (χ3v) is 8.36. The number of hydrogen-bond donors (Lipinski definition) is 0. The maximum Gasteiger partial charge on any atom is 0.410 e. The summed E-state index contributed by atoms with van der Waals surface area (Å²) in [6.45, 7) is 3.90. The van der Waals surface area contributed by atoms with Crippen LogP contribution in [0.5, 0.6) is 5.75 Å². The molecule has 0 N–H and O–H groups in total. The topological polar surface area (TPSA) is 51.2 Å². The van der Waals surface area contributed by atoms with Crippen LogP contribution >= 0.6 is 0 Å². The Morgan fingerprint density at radius 2 is 1.90 bits per heavy atom. The zero-order valence-electron chi connectivity index (χ0n) is 17.9. The largest absolute Gasteiger partial charge is 0.492 e. The molecule has 2 unspecified atom stereocenters. The van der Waals surface area contributed by atoms with Crippen LogP contribution in [-0.4, -0.2) is 73.0 Å². The van der Waals surface area contributed by atoms with Gasteiger partial charge in [0.15, 0.2) is 0 Å². The first-order chi connectivity index (χ1) is 15.1. The van der Waals surface area contributed by atoms with Gasteiger partial charge in [-0.05, 0) is 69.8 Å². The van der Waals surface area contributed by atoms with Gasteiger partial charge >= 0.3 is 6.09 Å². The van der Waals surface area contributed by atoms with Crippen LogP contribution in [0.15, 0.2) is 18.2 Å². The van der Waals surface area contributed by atoms with Crippen molar-refractivity contribution >= 4 is 6.09 Å². The summed E-state index contributed by atoms with van der Waals surface area (Å²) in [7, 11) is 0. The van der Waals surface area contributed by atoms with Crippen molar-refractivity contribution in [1.29, 1.82) is 0 Å². The number of hydrogen-bond acceptors (Lipinski definition) is 5. The molecule has 3 atom stereocenters. The molecule has 0 saturated carbocycles. The van der Waals surface area contributed by atoms with E-state index in [0.29, 0.717) is 37.9 Å². The van der Waals surface area contributed by atoms with E-state index in [1.165, 1.54) is 6.07 Å². The number of ether oxygens (including phenoxy) is 3. The quantitative estimate of drug-likeness (QED) is 0.713. The van der Waals surface area contributed by atoms with Crippen molar-refractivity contribution < 1.29 is 24.8 Å². The molecule has 4 saturated heterocycles. The number of nitrogens with zero attached hydrogens (tertiary/aromatic N) is 2. The molecule has 7 heteroatoms. The molecular formula is C24H33FN2O4. The Morgan fingerprint density at radius 3 is 2.61 bits per heavy atom. The highest BCUT2D eigenvalue weighted by Crippen LogP contribution is 2.47. The molecule has 5 heterocycles. The zero-order chi connectivity index (χ0) is 21.0. The summed E-state index contributed by atoms with van der Waals surface area (Å²) >= 11 is 0. The lowest BCUT2D eigenvalue weighted by molar-refractivity contribution is 0.00806. The first kappa shape index (κ1) is 19.8. The number of likely N-dealkylation sites (tertiary alicyclic amines) is 1. The first-order valence-corrected chi connectivity index (χ1v) is 11.8. The van der Waals surface area contributed by atoms with E-state index in [0.717, 1.165) is 69.3 Å². The van der Waals surface area contributed by atoms with E-state index >= 15 is 0 Å². The number of carbonyl (C=O) groups excluding carboxylic acids is 1. The maximum absolute atomic E-state index is 13.9. The van der Waals surface area contributed by atoms with E-state index in [-0.39, 0.29) is 24.9 Å². The molecule has 6 nitrogen and oxygen atoms in total. The minimum absolute atomic E-state index is 0. The molecule has 4 fully saturated rings. The molecule has 0 radical (unpaired) electrons. The Bertz CT molecular complexity index is 842. The van der Waals surface area contributed by atoms with Crippen molar-refractivity contribution in [3.63, 3.8) is 0 Å². The van der Waals surface area contributed by atoms with E-state index in [2.05, 4.69) is 4.90 Å². The number of halogens is 1. The maximum atomic E-state index is 13.9. The molecule has 170 valence electrons. The number of amides is 1. The molecule has 1 aromatic rings. The molecule has 1 amide bonds. The van der Waals surface area contributed by atoms with Gasteiger partial charge in [0.1, 0.15) is 17.7 Å². The highest BCUT2D eigenvalue weighted by atomic mass is 19.1. The zero-order valence-corrected chi connectivity index (χ0v) is 17.9. The van der Waals surface area contributed by atoms with E-state index < -0.39 is 0 Å². The van der Waals surface area contributed by atoms with Crippen LogP contribution in [-0.2, 0) is 14.9 Å². The average Bonchev–Trinajstić information content (AvgIpc) is 3.47. The Morgan fingerprint density at radius 1 is 1.13 bits per heavy atom. The van der Waals surface area contributed by atoms with Gasteiger partial charge in [-0.15, -0.1) is 0 Å². The standard InChI is InChI=1S/C24H31FN2O4.H2/c25-16-1-4-22-21(11-16)24(15-30-22)6-8-26(9-7-24)19-12-17-2-3-18(13-19)27(17)23(28)31-20-5-10-29-14-20;/h1,4,11,17-20H,2-3,5-10,12-15H2;1H/t17?,18?,19?,20-;/m1./s1. The van der Waals surface area contributed by atoms with Gasteiger partial charge < -0.3 is 24.0 Å². The third-order valence-electron chi connectivity index (χ3n) is 8.36. The van der Waals surface area contributed by atoms with Gasteiger partial charge in [-0.2, -0.15) is 0 Å². The number of carbonyl (C=O) groups is 1. The molecule has 0 aromatic heterocycles. The molecule has 6 rings (SSSR count). The van der Waals surface area contributed by atoms with Crippen molar-refractivity contribution in [3.8, 4) is 5.75 Å². The third kappa shape index (κ3) is 3.41. The number of benzene rings is 1. The van der Waals surface area contributed by atoms with Crippen LogP contribution < -0.4 is 4.74 Å². The molecule has 1 aromatic carbocycles. The van der Waals surface area contributed by atoms with Gasteiger partial charge in [0.05, 0.1) is 19.8 Å². The minimum atomic E-state index is -0.175. The van der Waals surface area contributed by atoms with Crippen LogP contribution in [0.1, 0.15) is 51.9 Å². The lowest BCUT2D eigenvalue weighted by atomic mass is 9.74. The van der Waals surface area contributed by atoms with Crippen LogP contribution in [0.2, 0.25) is 0 Å². The fourth-order valence-electron chi connectivity index (χ4n) is 6.62. The highest BCUT2D eigenvalue weighted by molar-refractivity contribution is 5.69.